The molecule has 2 aromatic rings. The molecular formula is C25H34N2O2. The smallest absolute Gasteiger partial charge is 0.250 e. The van der Waals surface area contributed by atoms with Gasteiger partial charge in [-0.1, -0.05) is 50.2 Å². The number of hydrogen-bond acceptors (Lipinski definition) is 3. The van der Waals surface area contributed by atoms with E-state index in [2.05, 4.69) is 29.4 Å². The van der Waals surface area contributed by atoms with Crippen LogP contribution in [0.4, 0.5) is 0 Å². The standard InChI is InChI=1S/C25H34N2O2/c1-18(2)11-12-23-21-15-20(22-9-6-10-25(29)27(22)23)16-26(17-21)14-13-24(28)19-7-4-3-5-8-19/h3-10,18,20-21,23-24,28H,11-17H2,1-2H3/t20-,21+,23+,24+/m1/s1. The molecule has 29 heavy (non-hydrogen) atoms. The Morgan fingerprint density at radius 2 is 1.83 bits per heavy atom. The van der Waals surface area contributed by atoms with Crippen LogP contribution >= 0.6 is 0 Å². The van der Waals surface area contributed by atoms with Crippen LogP contribution in [0.15, 0.2) is 53.3 Å². The fraction of sp³-hybridized carbons (Fsp3) is 0.560. The van der Waals surface area contributed by atoms with Gasteiger partial charge in [0.2, 0.25) is 0 Å². The lowest BCUT2D eigenvalue weighted by Gasteiger charge is -2.47. The van der Waals surface area contributed by atoms with E-state index in [1.165, 1.54) is 12.1 Å². The number of aliphatic hydroxyl groups excluding tert-OH is 1. The Kier molecular flexibility index (Phi) is 6.21. The first-order valence-corrected chi connectivity index (χ1v) is 11.2. The summed E-state index contributed by atoms with van der Waals surface area (Å²) in [6, 6.07) is 16.1. The van der Waals surface area contributed by atoms with E-state index in [0.717, 1.165) is 44.5 Å². The Morgan fingerprint density at radius 3 is 2.59 bits per heavy atom. The lowest BCUT2D eigenvalue weighted by Crippen LogP contribution is -2.49. The van der Waals surface area contributed by atoms with E-state index in [-0.39, 0.29) is 5.56 Å². The predicted molar refractivity (Wildman–Crippen MR) is 117 cm³/mol. The van der Waals surface area contributed by atoms with Gasteiger partial charge in [0.05, 0.1) is 6.10 Å². The summed E-state index contributed by atoms with van der Waals surface area (Å²) in [4.78, 5) is 15.2. The van der Waals surface area contributed by atoms with Gasteiger partial charge in [0.15, 0.2) is 0 Å². The molecule has 0 radical (unpaired) electrons. The molecular weight excluding hydrogens is 360 g/mol. The fourth-order valence-corrected chi connectivity index (χ4v) is 5.34. The van der Waals surface area contributed by atoms with Gasteiger partial charge in [0, 0.05) is 43.4 Å². The van der Waals surface area contributed by atoms with Crippen LogP contribution in [0.2, 0.25) is 0 Å². The zero-order valence-corrected chi connectivity index (χ0v) is 17.7. The molecule has 0 unspecified atom stereocenters. The zero-order chi connectivity index (χ0) is 20.4. The summed E-state index contributed by atoms with van der Waals surface area (Å²) in [5, 5.41) is 10.6. The maximum atomic E-state index is 12.7. The lowest BCUT2D eigenvalue weighted by atomic mass is 9.76. The van der Waals surface area contributed by atoms with E-state index in [0.29, 0.717) is 23.8 Å². The summed E-state index contributed by atoms with van der Waals surface area (Å²) in [6.07, 6.45) is 3.75. The molecule has 1 fully saturated rings. The van der Waals surface area contributed by atoms with Crippen LogP contribution in [0.5, 0.6) is 0 Å². The number of piperidine rings is 1. The van der Waals surface area contributed by atoms with Crippen molar-refractivity contribution < 1.29 is 5.11 Å². The highest BCUT2D eigenvalue weighted by molar-refractivity contribution is 5.20. The van der Waals surface area contributed by atoms with Gasteiger partial charge in [-0.25, -0.2) is 0 Å². The van der Waals surface area contributed by atoms with Crippen LogP contribution in [-0.2, 0) is 0 Å². The average Bonchev–Trinajstić information content (AvgIpc) is 2.73. The quantitative estimate of drug-likeness (QED) is 0.758. The molecule has 2 aliphatic heterocycles. The minimum absolute atomic E-state index is 0.166. The van der Waals surface area contributed by atoms with Gasteiger partial charge in [-0.15, -0.1) is 0 Å². The van der Waals surface area contributed by atoms with Crippen molar-refractivity contribution in [2.75, 3.05) is 19.6 Å². The van der Waals surface area contributed by atoms with Gasteiger partial charge in [-0.05, 0) is 49.1 Å². The molecule has 1 aromatic heterocycles. The Labute approximate surface area is 174 Å². The maximum Gasteiger partial charge on any atom is 0.250 e. The molecule has 1 aromatic carbocycles. The van der Waals surface area contributed by atoms with Crippen molar-refractivity contribution >= 4 is 0 Å². The molecule has 0 saturated carbocycles. The van der Waals surface area contributed by atoms with Crippen molar-refractivity contribution in [3.63, 3.8) is 0 Å². The van der Waals surface area contributed by atoms with E-state index < -0.39 is 6.10 Å². The van der Waals surface area contributed by atoms with Gasteiger partial charge in [-0.3, -0.25) is 4.79 Å². The number of likely N-dealkylation sites (tertiary alicyclic amines) is 1. The van der Waals surface area contributed by atoms with Crippen LogP contribution in [0.1, 0.15) is 68.9 Å². The zero-order valence-electron chi connectivity index (χ0n) is 17.7. The average molecular weight is 395 g/mol. The van der Waals surface area contributed by atoms with Crippen LogP contribution < -0.4 is 5.56 Å². The van der Waals surface area contributed by atoms with Crippen LogP contribution in [0.3, 0.4) is 0 Å². The molecule has 156 valence electrons. The first-order valence-electron chi connectivity index (χ1n) is 11.2. The minimum Gasteiger partial charge on any atom is -0.388 e. The Morgan fingerprint density at radius 1 is 1.03 bits per heavy atom. The number of nitrogens with zero attached hydrogens (tertiary/aromatic N) is 2. The lowest BCUT2D eigenvalue weighted by molar-refractivity contribution is 0.0687. The number of pyridine rings is 1. The third kappa shape index (κ3) is 4.49. The second-order valence-electron chi connectivity index (χ2n) is 9.36. The van der Waals surface area contributed by atoms with Gasteiger partial charge in [0.1, 0.15) is 0 Å². The largest absolute Gasteiger partial charge is 0.388 e. The molecule has 2 bridgehead atoms. The number of hydrogen-bond donors (Lipinski definition) is 1. The van der Waals surface area contributed by atoms with Gasteiger partial charge < -0.3 is 14.6 Å². The third-order valence-corrected chi connectivity index (χ3v) is 6.82. The van der Waals surface area contributed by atoms with Gasteiger partial charge in [0.25, 0.3) is 5.56 Å². The van der Waals surface area contributed by atoms with Crippen molar-refractivity contribution in [1.82, 2.24) is 9.47 Å². The summed E-state index contributed by atoms with van der Waals surface area (Å²) in [6.45, 7) is 7.44. The molecule has 4 nitrogen and oxygen atoms in total. The molecule has 3 heterocycles. The summed E-state index contributed by atoms with van der Waals surface area (Å²) in [7, 11) is 0. The molecule has 0 amide bonds. The topological polar surface area (TPSA) is 45.5 Å². The van der Waals surface area contributed by atoms with Crippen LogP contribution in [0.25, 0.3) is 0 Å². The normalized spacial score (nSPS) is 25.0. The van der Waals surface area contributed by atoms with E-state index in [9.17, 15) is 9.90 Å². The minimum atomic E-state index is -0.412. The molecule has 0 spiro atoms. The Hall–Kier alpha value is -1.91. The molecule has 4 heteroatoms. The van der Waals surface area contributed by atoms with Crippen LogP contribution in [0, 0.1) is 11.8 Å². The van der Waals surface area contributed by atoms with Crippen molar-refractivity contribution in [2.45, 2.75) is 57.6 Å². The third-order valence-electron chi connectivity index (χ3n) is 6.82. The molecule has 0 aliphatic carbocycles. The highest BCUT2D eigenvalue weighted by atomic mass is 16.3. The summed E-state index contributed by atoms with van der Waals surface area (Å²) in [5.74, 6) is 1.59. The number of rotatable bonds is 7. The summed E-state index contributed by atoms with van der Waals surface area (Å²) < 4.78 is 2.12. The Balaban J connectivity index is 1.49. The van der Waals surface area contributed by atoms with E-state index in [1.807, 2.05) is 36.4 Å². The fourth-order valence-electron chi connectivity index (χ4n) is 5.34. The molecule has 2 aliphatic rings. The molecule has 4 atom stereocenters. The van der Waals surface area contributed by atoms with Crippen molar-refractivity contribution in [3.05, 3.63) is 70.1 Å². The highest BCUT2D eigenvalue weighted by Crippen LogP contribution is 2.43. The predicted octanol–water partition coefficient (Wildman–Crippen LogP) is 4.37. The first-order chi connectivity index (χ1) is 14.0. The highest BCUT2D eigenvalue weighted by Gasteiger charge is 2.40. The number of aromatic nitrogens is 1. The molecule has 1 saturated heterocycles. The second-order valence-corrected chi connectivity index (χ2v) is 9.36. The molecule has 4 rings (SSSR count). The SMILES string of the molecule is CC(C)CC[C@H]1[C@H]2C[C@H](CN(CC[C@H](O)c3ccccc3)C2)c2cccc(=O)n21. The summed E-state index contributed by atoms with van der Waals surface area (Å²) in [5.41, 5.74) is 2.38. The monoisotopic (exact) mass is 394 g/mol. The second kappa shape index (κ2) is 8.85. The van der Waals surface area contributed by atoms with Crippen molar-refractivity contribution in [1.29, 1.82) is 0 Å². The first kappa shape index (κ1) is 20.4. The van der Waals surface area contributed by atoms with Gasteiger partial charge >= 0.3 is 0 Å². The number of aliphatic hydroxyl groups is 1. The van der Waals surface area contributed by atoms with E-state index in [1.54, 1.807) is 6.07 Å². The molecule has 1 N–H and O–H groups in total. The number of benzene rings is 1. The van der Waals surface area contributed by atoms with Crippen molar-refractivity contribution in [2.24, 2.45) is 11.8 Å². The van der Waals surface area contributed by atoms with Crippen LogP contribution in [-0.4, -0.2) is 34.2 Å². The van der Waals surface area contributed by atoms with Crippen molar-refractivity contribution in [3.8, 4) is 0 Å². The Bertz CT molecular complexity index is 861. The number of fused-ring (bicyclic) bond motifs is 4. The summed E-state index contributed by atoms with van der Waals surface area (Å²) >= 11 is 0. The van der Waals surface area contributed by atoms with Gasteiger partial charge in [-0.2, -0.15) is 0 Å². The maximum absolute atomic E-state index is 12.7. The van der Waals surface area contributed by atoms with E-state index in [4.69, 9.17) is 0 Å². The van der Waals surface area contributed by atoms with E-state index >= 15 is 0 Å².